The molecule has 7 heteroatoms. The molecule has 0 heterocycles. The molecule has 0 bridgehead atoms. The second kappa shape index (κ2) is 7.47. The van der Waals surface area contributed by atoms with E-state index >= 15 is 0 Å². The van der Waals surface area contributed by atoms with Crippen LogP contribution in [0.3, 0.4) is 0 Å². The summed E-state index contributed by atoms with van der Waals surface area (Å²) in [6.45, 7) is 1.80. The fraction of sp³-hybridized carbons (Fsp3) is 0.222. The van der Waals surface area contributed by atoms with Crippen LogP contribution in [0, 0.1) is 6.92 Å². The topological polar surface area (TPSA) is 94.3 Å². The Morgan fingerprint density at radius 3 is 2.12 bits per heavy atom. The SMILES string of the molecule is Cc1ccc(S(=O)(=O)[C@](N)(Cc2ccccc2)C(=O)C(=O)CCl)cc1. The highest BCUT2D eigenvalue weighted by molar-refractivity contribution is 7.93. The summed E-state index contributed by atoms with van der Waals surface area (Å²) in [5.41, 5.74) is 7.46. The summed E-state index contributed by atoms with van der Waals surface area (Å²) in [5.74, 6) is -2.88. The Morgan fingerprint density at radius 1 is 1.04 bits per heavy atom. The number of hydrogen-bond acceptors (Lipinski definition) is 5. The molecule has 0 radical (unpaired) electrons. The Morgan fingerprint density at radius 2 is 1.60 bits per heavy atom. The van der Waals surface area contributed by atoms with Gasteiger partial charge >= 0.3 is 0 Å². The van der Waals surface area contributed by atoms with Crippen LogP contribution >= 0.6 is 11.6 Å². The molecule has 0 spiro atoms. The molecular weight excluding hydrogens is 362 g/mol. The number of hydrogen-bond donors (Lipinski definition) is 1. The van der Waals surface area contributed by atoms with Crippen molar-refractivity contribution in [3.8, 4) is 0 Å². The fourth-order valence-electron chi connectivity index (χ4n) is 2.42. The number of rotatable bonds is 7. The second-order valence-electron chi connectivity index (χ2n) is 5.75. The summed E-state index contributed by atoms with van der Waals surface area (Å²) in [6.07, 6.45) is -0.328. The Hall–Kier alpha value is -2.02. The van der Waals surface area contributed by atoms with Crippen molar-refractivity contribution in [2.75, 3.05) is 5.88 Å². The van der Waals surface area contributed by atoms with E-state index in [-0.39, 0.29) is 11.3 Å². The first-order chi connectivity index (χ1) is 11.7. The summed E-state index contributed by atoms with van der Waals surface area (Å²) < 4.78 is 26.2. The smallest absolute Gasteiger partial charge is 0.235 e. The predicted molar refractivity (Wildman–Crippen MR) is 96.2 cm³/mol. The molecular formula is C18H18ClNO4S. The molecule has 2 aromatic rings. The van der Waals surface area contributed by atoms with Crippen LogP contribution in [0.2, 0.25) is 0 Å². The minimum atomic E-state index is -4.32. The van der Waals surface area contributed by atoms with Gasteiger partial charge in [0, 0.05) is 6.42 Å². The molecule has 0 unspecified atom stereocenters. The number of aryl methyl sites for hydroxylation is 1. The minimum absolute atomic E-state index is 0.118. The summed E-state index contributed by atoms with van der Waals surface area (Å²) in [6, 6.07) is 14.4. The number of halogens is 1. The van der Waals surface area contributed by atoms with E-state index in [1.54, 1.807) is 49.4 Å². The van der Waals surface area contributed by atoms with E-state index in [0.29, 0.717) is 5.56 Å². The lowest BCUT2D eigenvalue weighted by Crippen LogP contribution is -2.59. The van der Waals surface area contributed by atoms with Crippen LogP contribution in [0.1, 0.15) is 11.1 Å². The molecule has 0 saturated heterocycles. The molecule has 0 aliphatic carbocycles. The van der Waals surface area contributed by atoms with Gasteiger partial charge in [0.1, 0.15) is 0 Å². The van der Waals surface area contributed by atoms with E-state index in [9.17, 15) is 18.0 Å². The second-order valence-corrected chi connectivity index (χ2v) is 8.23. The Labute approximate surface area is 151 Å². The monoisotopic (exact) mass is 379 g/mol. The average molecular weight is 380 g/mol. The highest BCUT2D eigenvalue weighted by Gasteiger charge is 2.50. The Kier molecular flexibility index (Phi) is 5.77. The van der Waals surface area contributed by atoms with Gasteiger partial charge in [-0.2, -0.15) is 0 Å². The quantitative estimate of drug-likeness (QED) is 0.586. The summed E-state index contributed by atoms with van der Waals surface area (Å²) in [5, 5.41) is 0. The molecule has 25 heavy (non-hydrogen) atoms. The maximum atomic E-state index is 13.1. The zero-order valence-electron chi connectivity index (χ0n) is 13.6. The van der Waals surface area contributed by atoms with Gasteiger partial charge in [0.25, 0.3) is 0 Å². The molecule has 0 aliphatic rings. The minimum Gasteiger partial charge on any atom is -0.305 e. The first-order valence-electron chi connectivity index (χ1n) is 7.50. The summed E-state index contributed by atoms with van der Waals surface area (Å²) in [4.78, 5) is 21.9. The number of ketones is 2. The van der Waals surface area contributed by atoms with E-state index in [4.69, 9.17) is 17.3 Å². The molecule has 2 N–H and O–H groups in total. The van der Waals surface area contributed by atoms with Crippen LogP contribution in [0.5, 0.6) is 0 Å². The molecule has 0 aromatic heterocycles. The normalized spacial score (nSPS) is 13.9. The van der Waals surface area contributed by atoms with Gasteiger partial charge in [0.05, 0.1) is 10.8 Å². The van der Waals surface area contributed by atoms with Crippen LogP contribution in [0.4, 0.5) is 0 Å². The largest absolute Gasteiger partial charge is 0.305 e. The van der Waals surface area contributed by atoms with E-state index < -0.39 is 32.2 Å². The third-order valence-corrected chi connectivity index (χ3v) is 6.30. The molecule has 2 rings (SSSR count). The van der Waals surface area contributed by atoms with Gasteiger partial charge in [-0.05, 0) is 24.6 Å². The zero-order valence-corrected chi connectivity index (χ0v) is 15.2. The van der Waals surface area contributed by atoms with Crippen LogP contribution in [-0.4, -0.2) is 30.7 Å². The highest BCUT2D eigenvalue weighted by Crippen LogP contribution is 2.27. The van der Waals surface area contributed by atoms with E-state index in [1.807, 2.05) is 0 Å². The maximum absolute atomic E-state index is 13.1. The average Bonchev–Trinajstić information content (AvgIpc) is 2.61. The van der Waals surface area contributed by atoms with E-state index in [2.05, 4.69) is 0 Å². The molecule has 0 saturated carbocycles. The number of carbonyl (C=O) groups excluding carboxylic acids is 2. The molecule has 0 aliphatic heterocycles. The van der Waals surface area contributed by atoms with E-state index in [0.717, 1.165) is 5.56 Å². The van der Waals surface area contributed by atoms with Crippen LogP contribution in [-0.2, 0) is 25.8 Å². The molecule has 0 amide bonds. The molecule has 0 fully saturated rings. The van der Waals surface area contributed by atoms with Gasteiger partial charge in [-0.15, -0.1) is 11.6 Å². The number of Topliss-reactive ketones (excluding diaryl/α,β-unsaturated/α-hetero) is 2. The lowest BCUT2D eigenvalue weighted by Gasteiger charge is -2.27. The van der Waals surface area contributed by atoms with Crippen molar-refractivity contribution in [3.63, 3.8) is 0 Å². The predicted octanol–water partition coefficient (Wildman–Crippen LogP) is 2.04. The first kappa shape index (κ1) is 19.3. The van der Waals surface area contributed by atoms with Gasteiger partial charge in [-0.3, -0.25) is 9.59 Å². The van der Waals surface area contributed by atoms with Gasteiger partial charge in [0.15, 0.2) is 4.87 Å². The Balaban J connectivity index is 2.59. The van der Waals surface area contributed by atoms with Crippen molar-refractivity contribution < 1.29 is 18.0 Å². The van der Waals surface area contributed by atoms with Crippen molar-refractivity contribution in [2.45, 2.75) is 23.1 Å². The maximum Gasteiger partial charge on any atom is 0.235 e. The number of carbonyl (C=O) groups is 2. The van der Waals surface area contributed by atoms with Crippen molar-refractivity contribution in [2.24, 2.45) is 5.73 Å². The van der Waals surface area contributed by atoms with Crippen LogP contribution in [0.25, 0.3) is 0 Å². The number of alkyl halides is 1. The van der Waals surface area contributed by atoms with Crippen LogP contribution < -0.4 is 5.73 Å². The molecule has 132 valence electrons. The van der Waals surface area contributed by atoms with Crippen molar-refractivity contribution >= 4 is 33.0 Å². The fourth-order valence-corrected chi connectivity index (χ4v) is 4.17. The lowest BCUT2D eigenvalue weighted by atomic mass is 10.0. The zero-order chi connectivity index (χ0) is 18.7. The van der Waals surface area contributed by atoms with Gasteiger partial charge in [-0.25, -0.2) is 8.42 Å². The summed E-state index contributed by atoms with van der Waals surface area (Å²) in [7, 11) is -4.32. The van der Waals surface area contributed by atoms with Gasteiger partial charge in [-0.1, -0.05) is 48.0 Å². The van der Waals surface area contributed by atoms with Crippen molar-refractivity contribution in [1.82, 2.24) is 0 Å². The number of benzene rings is 2. The van der Waals surface area contributed by atoms with E-state index in [1.165, 1.54) is 12.1 Å². The third-order valence-electron chi connectivity index (χ3n) is 3.88. The molecule has 5 nitrogen and oxygen atoms in total. The van der Waals surface area contributed by atoms with Crippen molar-refractivity contribution in [1.29, 1.82) is 0 Å². The van der Waals surface area contributed by atoms with Crippen LogP contribution in [0.15, 0.2) is 59.5 Å². The number of nitrogens with two attached hydrogens (primary N) is 1. The standard InChI is InChI=1S/C18H18ClNO4S/c1-13-7-9-15(10-8-13)25(23,24)18(20,17(22)16(21)12-19)11-14-5-3-2-4-6-14/h2-10H,11-12,20H2,1H3/t18-/m1/s1. The van der Waals surface area contributed by atoms with Gasteiger partial charge < -0.3 is 5.73 Å². The Bertz CT molecular complexity index is 879. The summed E-state index contributed by atoms with van der Waals surface area (Å²) >= 11 is 5.45. The molecule has 1 atom stereocenters. The van der Waals surface area contributed by atoms with Crippen molar-refractivity contribution in [3.05, 3.63) is 65.7 Å². The number of sulfone groups is 1. The highest BCUT2D eigenvalue weighted by atomic mass is 35.5. The van der Waals surface area contributed by atoms with Gasteiger partial charge in [0.2, 0.25) is 21.4 Å². The first-order valence-corrected chi connectivity index (χ1v) is 9.52. The molecule has 2 aromatic carbocycles. The lowest BCUT2D eigenvalue weighted by molar-refractivity contribution is -0.136. The third kappa shape index (κ3) is 3.81.